The molecule has 0 aromatic carbocycles. The Balaban J connectivity index is 3.69. The lowest BCUT2D eigenvalue weighted by atomic mass is 9.87. The third-order valence-electron chi connectivity index (χ3n) is 2.66. The van der Waals surface area contributed by atoms with Crippen LogP contribution in [0.15, 0.2) is 0 Å². The average molecular weight is 185 g/mol. The average Bonchev–Trinajstić information content (AvgIpc) is 2.02. The Labute approximate surface area is 84.1 Å². The zero-order valence-corrected chi connectivity index (χ0v) is 9.84. The van der Waals surface area contributed by atoms with Crippen molar-refractivity contribution in [3.05, 3.63) is 0 Å². The van der Waals surface area contributed by atoms with Crippen molar-refractivity contribution in [1.29, 1.82) is 0 Å². The molecule has 80 valence electrons. The Morgan fingerprint density at radius 1 is 1.08 bits per heavy atom. The number of hydrogen-bond acceptors (Lipinski definition) is 1. The molecule has 0 saturated carbocycles. The van der Waals surface area contributed by atoms with Gasteiger partial charge in [0.15, 0.2) is 0 Å². The highest BCUT2D eigenvalue weighted by atomic mass is 14.5. The molecule has 1 heteroatoms. The van der Waals surface area contributed by atoms with Crippen molar-refractivity contribution in [3.8, 4) is 0 Å². The summed E-state index contributed by atoms with van der Waals surface area (Å²) in [4.78, 5) is 0. The molecular weight excluding hydrogens is 158 g/mol. The Morgan fingerprint density at radius 2 is 1.69 bits per heavy atom. The van der Waals surface area contributed by atoms with Crippen LogP contribution in [0.2, 0.25) is 0 Å². The second-order valence-electron chi connectivity index (χ2n) is 4.86. The second-order valence-corrected chi connectivity index (χ2v) is 4.86. The lowest BCUT2D eigenvalue weighted by Crippen LogP contribution is -2.19. The van der Waals surface area contributed by atoms with Gasteiger partial charge in [-0.1, -0.05) is 40.5 Å². The molecule has 2 unspecified atom stereocenters. The van der Waals surface area contributed by atoms with Gasteiger partial charge in [0.1, 0.15) is 0 Å². The lowest BCUT2D eigenvalue weighted by Gasteiger charge is -2.20. The largest absolute Gasteiger partial charge is 0.330 e. The van der Waals surface area contributed by atoms with Crippen molar-refractivity contribution in [3.63, 3.8) is 0 Å². The first kappa shape index (κ1) is 13.0. The summed E-state index contributed by atoms with van der Waals surface area (Å²) in [7, 11) is 0. The standard InChI is InChI=1S/C12H27N/c1-5-6-11(4)8-12(9-13)7-10(2)3/h10-12H,5-9,13H2,1-4H3. The maximum absolute atomic E-state index is 5.77. The lowest BCUT2D eigenvalue weighted by molar-refractivity contribution is 0.327. The van der Waals surface area contributed by atoms with Crippen LogP contribution in [0.3, 0.4) is 0 Å². The van der Waals surface area contributed by atoms with Crippen LogP contribution in [0.5, 0.6) is 0 Å². The summed E-state index contributed by atoms with van der Waals surface area (Å²) in [5, 5.41) is 0. The van der Waals surface area contributed by atoms with Gasteiger partial charge >= 0.3 is 0 Å². The van der Waals surface area contributed by atoms with Crippen LogP contribution in [0.4, 0.5) is 0 Å². The van der Waals surface area contributed by atoms with Gasteiger partial charge in [0, 0.05) is 0 Å². The van der Waals surface area contributed by atoms with Crippen molar-refractivity contribution in [2.45, 2.75) is 53.4 Å². The van der Waals surface area contributed by atoms with Crippen molar-refractivity contribution in [2.75, 3.05) is 6.54 Å². The zero-order valence-electron chi connectivity index (χ0n) is 9.84. The summed E-state index contributed by atoms with van der Waals surface area (Å²) in [5.41, 5.74) is 5.77. The molecule has 0 fully saturated rings. The molecule has 0 saturated heterocycles. The number of nitrogens with two attached hydrogens (primary N) is 1. The molecule has 0 aromatic heterocycles. The van der Waals surface area contributed by atoms with Gasteiger partial charge in [0.25, 0.3) is 0 Å². The number of rotatable bonds is 7. The fourth-order valence-electron chi connectivity index (χ4n) is 2.14. The van der Waals surface area contributed by atoms with E-state index >= 15 is 0 Å². The third-order valence-corrected chi connectivity index (χ3v) is 2.66. The summed E-state index contributed by atoms with van der Waals surface area (Å²) >= 11 is 0. The summed E-state index contributed by atoms with van der Waals surface area (Å²) < 4.78 is 0. The fourth-order valence-corrected chi connectivity index (χ4v) is 2.14. The molecule has 0 amide bonds. The van der Waals surface area contributed by atoms with Gasteiger partial charge in [-0.3, -0.25) is 0 Å². The van der Waals surface area contributed by atoms with Gasteiger partial charge in [0.05, 0.1) is 0 Å². The molecular formula is C12H27N. The van der Waals surface area contributed by atoms with Gasteiger partial charge < -0.3 is 5.73 Å². The summed E-state index contributed by atoms with van der Waals surface area (Å²) in [6.07, 6.45) is 5.28. The topological polar surface area (TPSA) is 26.0 Å². The highest BCUT2D eigenvalue weighted by Gasteiger charge is 2.12. The third kappa shape index (κ3) is 7.06. The molecule has 0 aromatic rings. The number of hydrogen-bond donors (Lipinski definition) is 1. The van der Waals surface area contributed by atoms with E-state index in [4.69, 9.17) is 5.73 Å². The molecule has 0 aliphatic carbocycles. The van der Waals surface area contributed by atoms with E-state index < -0.39 is 0 Å². The molecule has 0 bridgehead atoms. The predicted molar refractivity (Wildman–Crippen MR) is 60.7 cm³/mol. The van der Waals surface area contributed by atoms with Crippen LogP contribution < -0.4 is 5.73 Å². The molecule has 0 spiro atoms. The van der Waals surface area contributed by atoms with E-state index in [1.807, 2.05) is 0 Å². The Bertz CT molecular complexity index is 110. The van der Waals surface area contributed by atoms with E-state index in [1.165, 1.54) is 25.7 Å². The second kappa shape index (κ2) is 7.37. The van der Waals surface area contributed by atoms with Crippen LogP contribution in [0, 0.1) is 17.8 Å². The predicted octanol–water partition coefficient (Wildman–Crippen LogP) is 3.43. The first-order valence-electron chi connectivity index (χ1n) is 5.80. The van der Waals surface area contributed by atoms with Crippen molar-refractivity contribution >= 4 is 0 Å². The van der Waals surface area contributed by atoms with Crippen LogP contribution in [-0.4, -0.2) is 6.54 Å². The molecule has 0 radical (unpaired) electrons. The molecule has 0 rings (SSSR count). The molecule has 1 nitrogen and oxygen atoms in total. The Morgan fingerprint density at radius 3 is 2.08 bits per heavy atom. The van der Waals surface area contributed by atoms with Gasteiger partial charge in [-0.2, -0.15) is 0 Å². The van der Waals surface area contributed by atoms with Gasteiger partial charge in [0.2, 0.25) is 0 Å². The van der Waals surface area contributed by atoms with E-state index in [2.05, 4.69) is 27.7 Å². The molecule has 0 aliphatic heterocycles. The molecule has 2 N–H and O–H groups in total. The maximum Gasteiger partial charge on any atom is -0.00487 e. The van der Waals surface area contributed by atoms with Gasteiger partial charge in [-0.15, -0.1) is 0 Å². The Hall–Kier alpha value is -0.0400. The van der Waals surface area contributed by atoms with Gasteiger partial charge in [-0.05, 0) is 37.1 Å². The fraction of sp³-hybridized carbons (Fsp3) is 1.00. The first-order chi connectivity index (χ1) is 6.10. The summed E-state index contributed by atoms with van der Waals surface area (Å²) in [6, 6.07) is 0. The Kier molecular flexibility index (Phi) is 7.35. The molecule has 13 heavy (non-hydrogen) atoms. The van der Waals surface area contributed by atoms with Crippen LogP contribution >= 0.6 is 0 Å². The minimum Gasteiger partial charge on any atom is -0.330 e. The molecule has 0 aliphatic rings. The van der Waals surface area contributed by atoms with E-state index in [-0.39, 0.29) is 0 Å². The summed E-state index contributed by atoms with van der Waals surface area (Å²) in [6.45, 7) is 10.1. The normalized spacial score (nSPS) is 16.2. The smallest absolute Gasteiger partial charge is 0.00487 e. The SMILES string of the molecule is CCCC(C)CC(CN)CC(C)C. The quantitative estimate of drug-likeness (QED) is 0.646. The van der Waals surface area contributed by atoms with Crippen molar-refractivity contribution in [1.82, 2.24) is 0 Å². The van der Waals surface area contributed by atoms with E-state index in [9.17, 15) is 0 Å². The minimum absolute atomic E-state index is 0.751. The highest BCUT2D eigenvalue weighted by Crippen LogP contribution is 2.21. The highest BCUT2D eigenvalue weighted by molar-refractivity contribution is 4.66. The summed E-state index contributed by atoms with van der Waals surface area (Å²) in [5.74, 6) is 2.40. The van der Waals surface area contributed by atoms with E-state index in [0.29, 0.717) is 0 Å². The minimum atomic E-state index is 0.751. The van der Waals surface area contributed by atoms with Crippen LogP contribution in [-0.2, 0) is 0 Å². The zero-order chi connectivity index (χ0) is 10.3. The van der Waals surface area contributed by atoms with E-state index in [1.54, 1.807) is 0 Å². The van der Waals surface area contributed by atoms with E-state index in [0.717, 1.165) is 24.3 Å². The van der Waals surface area contributed by atoms with Crippen molar-refractivity contribution in [2.24, 2.45) is 23.5 Å². The van der Waals surface area contributed by atoms with Crippen LogP contribution in [0.25, 0.3) is 0 Å². The van der Waals surface area contributed by atoms with Gasteiger partial charge in [-0.25, -0.2) is 0 Å². The van der Waals surface area contributed by atoms with Crippen molar-refractivity contribution < 1.29 is 0 Å². The van der Waals surface area contributed by atoms with Crippen LogP contribution in [0.1, 0.15) is 53.4 Å². The maximum atomic E-state index is 5.77. The molecule has 2 atom stereocenters. The molecule has 0 heterocycles. The monoisotopic (exact) mass is 185 g/mol. The first-order valence-corrected chi connectivity index (χ1v) is 5.80.